The third kappa shape index (κ3) is 1.86. The van der Waals surface area contributed by atoms with Crippen molar-refractivity contribution in [3.05, 3.63) is 12.2 Å². The molecule has 0 saturated heterocycles. The molecule has 0 aromatic rings. The first kappa shape index (κ1) is 7.84. The van der Waals surface area contributed by atoms with Gasteiger partial charge in [-0.3, -0.25) is 0 Å². The standard InChI is InChI=1S/C10H18/c1-4-8(3)6-10-7-9(10)5-2/h9-10H,3-7H2,1-2H3. The van der Waals surface area contributed by atoms with E-state index in [0.717, 1.165) is 11.8 Å². The Labute approximate surface area is 64.3 Å². The summed E-state index contributed by atoms with van der Waals surface area (Å²) in [5.74, 6) is 2.06. The molecule has 10 heavy (non-hydrogen) atoms. The molecule has 0 bridgehead atoms. The van der Waals surface area contributed by atoms with Gasteiger partial charge in [-0.1, -0.05) is 32.4 Å². The molecule has 58 valence electrons. The van der Waals surface area contributed by atoms with Crippen LogP contribution in [-0.2, 0) is 0 Å². The van der Waals surface area contributed by atoms with Gasteiger partial charge in [-0.15, -0.1) is 0 Å². The van der Waals surface area contributed by atoms with Crippen molar-refractivity contribution in [2.24, 2.45) is 11.8 Å². The smallest absolute Gasteiger partial charge is 0.0292 e. The molecule has 0 heterocycles. The second kappa shape index (κ2) is 3.23. The highest BCUT2D eigenvalue weighted by Crippen LogP contribution is 2.45. The highest BCUT2D eigenvalue weighted by Gasteiger charge is 2.34. The Bertz CT molecular complexity index is 124. The molecule has 0 radical (unpaired) electrons. The molecular formula is C10H18. The van der Waals surface area contributed by atoms with Crippen LogP contribution < -0.4 is 0 Å². The number of rotatable bonds is 4. The number of allylic oxidation sites excluding steroid dienone is 1. The minimum Gasteiger partial charge on any atom is -0.0999 e. The van der Waals surface area contributed by atoms with Crippen LogP contribution in [0.4, 0.5) is 0 Å². The maximum Gasteiger partial charge on any atom is -0.0292 e. The van der Waals surface area contributed by atoms with Crippen LogP contribution in [0.5, 0.6) is 0 Å². The Morgan fingerprint density at radius 3 is 2.50 bits per heavy atom. The highest BCUT2D eigenvalue weighted by atomic mass is 14.4. The summed E-state index contributed by atoms with van der Waals surface area (Å²) >= 11 is 0. The summed E-state index contributed by atoms with van der Waals surface area (Å²) in [5, 5.41) is 0. The zero-order valence-corrected chi connectivity index (χ0v) is 7.19. The van der Waals surface area contributed by atoms with E-state index in [9.17, 15) is 0 Å². The van der Waals surface area contributed by atoms with Gasteiger partial charge < -0.3 is 0 Å². The first-order valence-electron chi connectivity index (χ1n) is 4.44. The Hall–Kier alpha value is -0.260. The van der Waals surface area contributed by atoms with Gasteiger partial charge in [-0.25, -0.2) is 0 Å². The molecule has 0 heteroatoms. The fraction of sp³-hybridized carbons (Fsp3) is 0.800. The maximum absolute atomic E-state index is 4.02. The summed E-state index contributed by atoms with van der Waals surface area (Å²) in [4.78, 5) is 0. The molecule has 2 atom stereocenters. The van der Waals surface area contributed by atoms with Crippen LogP contribution in [0.15, 0.2) is 12.2 Å². The lowest BCUT2D eigenvalue weighted by molar-refractivity contribution is 0.666. The lowest BCUT2D eigenvalue weighted by Gasteiger charge is -1.99. The van der Waals surface area contributed by atoms with Gasteiger partial charge in [0.25, 0.3) is 0 Å². The van der Waals surface area contributed by atoms with E-state index in [4.69, 9.17) is 0 Å². The van der Waals surface area contributed by atoms with Crippen LogP contribution >= 0.6 is 0 Å². The minimum absolute atomic E-state index is 1.01. The van der Waals surface area contributed by atoms with E-state index < -0.39 is 0 Å². The van der Waals surface area contributed by atoms with Crippen molar-refractivity contribution >= 4 is 0 Å². The van der Waals surface area contributed by atoms with Gasteiger partial charge in [0, 0.05) is 0 Å². The van der Waals surface area contributed by atoms with Gasteiger partial charge in [-0.05, 0) is 31.1 Å². The van der Waals surface area contributed by atoms with Crippen LogP contribution in [0.3, 0.4) is 0 Å². The van der Waals surface area contributed by atoms with Gasteiger partial charge in [0.2, 0.25) is 0 Å². The van der Waals surface area contributed by atoms with Gasteiger partial charge in [0.1, 0.15) is 0 Å². The predicted molar refractivity (Wildman–Crippen MR) is 45.9 cm³/mol. The summed E-state index contributed by atoms with van der Waals surface area (Å²) in [6.07, 6.45) is 5.32. The van der Waals surface area contributed by atoms with Crippen molar-refractivity contribution in [1.29, 1.82) is 0 Å². The summed E-state index contributed by atoms with van der Waals surface area (Å²) in [7, 11) is 0. The van der Waals surface area contributed by atoms with E-state index in [2.05, 4.69) is 20.4 Å². The summed E-state index contributed by atoms with van der Waals surface area (Å²) in [5.41, 5.74) is 1.45. The zero-order chi connectivity index (χ0) is 7.56. The molecular weight excluding hydrogens is 120 g/mol. The number of hydrogen-bond donors (Lipinski definition) is 0. The van der Waals surface area contributed by atoms with Gasteiger partial charge in [-0.2, -0.15) is 0 Å². The second-order valence-electron chi connectivity index (χ2n) is 3.47. The molecule has 0 spiro atoms. The third-order valence-corrected chi connectivity index (χ3v) is 2.64. The van der Waals surface area contributed by atoms with Crippen molar-refractivity contribution < 1.29 is 0 Å². The Morgan fingerprint density at radius 1 is 1.40 bits per heavy atom. The Morgan fingerprint density at radius 2 is 2.10 bits per heavy atom. The SMILES string of the molecule is C=C(CC)CC1CC1CC. The fourth-order valence-electron chi connectivity index (χ4n) is 1.58. The minimum atomic E-state index is 1.01. The van der Waals surface area contributed by atoms with E-state index in [1.807, 2.05) is 0 Å². The van der Waals surface area contributed by atoms with Gasteiger partial charge in [0.15, 0.2) is 0 Å². The second-order valence-corrected chi connectivity index (χ2v) is 3.47. The van der Waals surface area contributed by atoms with Crippen LogP contribution in [0.2, 0.25) is 0 Å². The summed E-state index contributed by atoms with van der Waals surface area (Å²) in [6.45, 7) is 8.51. The molecule has 1 fully saturated rings. The first-order chi connectivity index (χ1) is 4.77. The maximum atomic E-state index is 4.02. The van der Waals surface area contributed by atoms with Crippen LogP contribution in [-0.4, -0.2) is 0 Å². The molecule has 0 aromatic carbocycles. The van der Waals surface area contributed by atoms with E-state index in [1.54, 1.807) is 0 Å². The molecule has 1 saturated carbocycles. The fourth-order valence-corrected chi connectivity index (χ4v) is 1.58. The Balaban J connectivity index is 2.11. The van der Waals surface area contributed by atoms with Crippen LogP contribution in [0.25, 0.3) is 0 Å². The molecule has 0 aromatic heterocycles. The van der Waals surface area contributed by atoms with Crippen molar-refractivity contribution in [1.82, 2.24) is 0 Å². The average Bonchev–Trinajstić information content (AvgIpc) is 2.67. The summed E-state index contributed by atoms with van der Waals surface area (Å²) < 4.78 is 0. The molecule has 1 aliphatic carbocycles. The Kier molecular flexibility index (Phi) is 2.53. The molecule has 0 aliphatic heterocycles. The van der Waals surface area contributed by atoms with Crippen molar-refractivity contribution in [3.63, 3.8) is 0 Å². The number of hydrogen-bond acceptors (Lipinski definition) is 0. The predicted octanol–water partition coefficient (Wildman–Crippen LogP) is 3.39. The molecule has 1 rings (SSSR count). The van der Waals surface area contributed by atoms with E-state index in [1.165, 1.54) is 31.3 Å². The first-order valence-corrected chi connectivity index (χ1v) is 4.44. The monoisotopic (exact) mass is 138 g/mol. The van der Waals surface area contributed by atoms with Gasteiger partial charge >= 0.3 is 0 Å². The van der Waals surface area contributed by atoms with E-state index >= 15 is 0 Å². The third-order valence-electron chi connectivity index (χ3n) is 2.64. The molecule has 1 aliphatic rings. The summed E-state index contributed by atoms with van der Waals surface area (Å²) in [6, 6.07) is 0. The zero-order valence-electron chi connectivity index (χ0n) is 7.19. The largest absolute Gasteiger partial charge is 0.0999 e. The van der Waals surface area contributed by atoms with Crippen molar-refractivity contribution in [2.75, 3.05) is 0 Å². The van der Waals surface area contributed by atoms with Crippen LogP contribution in [0.1, 0.15) is 39.5 Å². The molecule has 0 N–H and O–H groups in total. The molecule has 0 amide bonds. The molecule has 0 nitrogen and oxygen atoms in total. The normalized spacial score (nSPS) is 30.2. The van der Waals surface area contributed by atoms with E-state index in [0.29, 0.717) is 0 Å². The lowest BCUT2D eigenvalue weighted by atomic mass is 10.1. The van der Waals surface area contributed by atoms with Crippen molar-refractivity contribution in [3.8, 4) is 0 Å². The van der Waals surface area contributed by atoms with Gasteiger partial charge in [0.05, 0.1) is 0 Å². The van der Waals surface area contributed by atoms with Crippen molar-refractivity contribution in [2.45, 2.75) is 39.5 Å². The van der Waals surface area contributed by atoms with E-state index in [-0.39, 0.29) is 0 Å². The average molecular weight is 138 g/mol. The lowest BCUT2D eigenvalue weighted by Crippen LogP contribution is -1.84. The highest BCUT2D eigenvalue weighted by molar-refractivity contribution is 5.00. The quantitative estimate of drug-likeness (QED) is 0.522. The van der Waals surface area contributed by atoms with Crippen LogP contribution in [0, 0.1) is 11.8 Å². The topological polar surface area (TPSA) is 0 Å². The molecule has 2 unspecified atom stereocenters.